The molecule has 0 N–H and O–H groups in total. The van der Waals surface area contributed by atoms with E-state index in [1.807, 2.05) is 24.3 Å². The topological polar surface area (TPSA) is 104 Å². The molecule has 2 saturated heterocycles. The lowest BCUT2D eigenvalue weighted by Crippen LogP contribution is -2.59. The molecule has 3 aliphatic heterocycles. The Bertz CT molecular complexity index is 1260. The largest absolute Gasteiger partial charge is 0.497 e. The van der Waals surface area contributed by atoms with Gasteiger partial charge in [0.2, 0.25) is 5.41 Å². The third kappa shape index (κ3) is 3.29. The number of hydrogen-bond acceptors (Lipinski definition) is 9. The summed E-state index contributed by atoms with van der Waals surface area (Å²) in [5.74, 6) is -3.61. The van der Waals surface area contributed by atoms with Gasteiger partial charge >= 0.3 is 17.9 Å². The number of rotatable bonds is 4. The Morgan fingerprint density at radius 3 is 2.38 bits per heavy atom. The molecule has 0 radical (unpaired) electrons. The second kappa shape index (κ2) is 8.61. The summed E-state index contributed by atoms with van der Waals surface area (Å²) in [6, 6.07) is 12.4. The lowest BCUT2D eigenvalue weighted by atomic mass is 9.65. The highest BCUT2D eigenvalue weighted by Gasteiger charge is 2.76. The molecule has 192 valence electrons. The maximum atomic E-state index is 14.3. The van der Waals surface area contributed by atoms with Crippen LogP contribution in [-0.4, -0.2) is 54.7 Å². The zero-order valence-electron chi connectivity index (χ0n) is 20.7. The van der Waals surface area contributed by atoms with Crippen molar-refractivity contribution < 1.29 is 33.3 Å². The number of hydrogen-bond donors (Lipinski definition) is 0. The normalized spacial score (nSPS) is 26.4. The van der Waals surface area contributed by atoms with Gasteiger partial charge in [-0.05, 0) is 48.6 Å². The molecule has 3 heterocycles. The average Bonchev–Trinajstić information content (AvgIpc) is 3.48. The van der Waals surface area contributed by atoms with Crippen molar-refractivity contribution in [2.45, 2.75) is 56.4 Å². The van der Waals surface area contributed by atoms with Crippen molar-refractivity contribution in [1.29, 1.82) is 0 Å². The lowest BCUT2D eigenvalue weighted by Gasteiger charge is -2.45. The molecular weight excluding hydrogens is 476 g/mol. The van der Waals surface area contributed by atoms with Crippen molar-refractivity contribution in [2.75, 3.05) is 13.7 Å². The Hall–Kier alpha value is -3.88. The average molecular weight is 505 g/mol. The van der Waals surface area contributed by atoms with Gasteiger partial charge in [0.15, 0.2) is 6.04 Å². The monoisotopic (exact) mass is 504 g/mol. The molecule has 0 amide bonds. The molecule has 3 fully saturated rings. The smallest absolute Gasteiger partial charge is 0.331 e. The summed E-state index contributed by atoms with van der Waals surface area (Å²) in [5, 5.41) is 6.13. The molecule has 37 heavy (non-hydrogen) atoms. The third-order valence-electron chi connectivity index (χ3n) is 8.01. The van der Waals surface area contributed by atoms with Gasteiger partial charge in [-0.15, -0.1) is 0 Å². The second-order valence-corrected chi connectivity index (χ2v) is 9.87. The molecule has 1 saturated carbocycles. The van der Waals surface area contributed by atoms with Crippen LogP contribution < -0.4 is 4.74 Å². The van der Waals surface area contributed by atoms with Crippen LogP contribution in [0.5, 0.6) is 5.75 Å². The Kier molecular flexibility index (Phi) is 5.47. The van der Waals surface area contributed by atoms with Crippen LogP contribution in [0, 0.1) is 5.41 Å². The molecule has 1 aliphatic carbocycles. The van der Waals surface area contributed by atoms with Gasteiger partial charge in [0, 0.05) is 18.8 Å². The fourth-order valence-corrected chi connectivity index (χ4v) is 6.41. The Morgan fingerprint density at radius 1 is 1.05 bits per heavy atom. The van der Waals surface area contributed by atoms with Gasteiger partial charge in [-0.1, -0.05) is 36.4 Å². The number of carbonyl (C=O) groups excluding carboxylic acids is 3. The maximum absolute atomic E-state index is 14.3. The molecule has 3 atom stereocenters. The molecule has 6 rings (SSSR count). The van der Waals surface area contributed by atoms with E-state index in [9.17, 15) is 14.4 Å². The highest BCUT2D eigenvalue weighted by molar-refractivity contribution is 6.06. The first-order chi connectivity index (χ1) is 17.9. The summed E-state index contributed by atoms with van der Waals surface area (Å²) < 4.78 is 22.9. The minimum Gasteiger partial charge on any atom is -0.497 e. The fraction of sp³-hybridized carbons (Fsp3) is 0.429. The van der Waals surface area contributed by atoms with Crippen molar-refractivity contribution in [3.05, 3.63) is 65.2 Å². The minimum atomic E-state index is -1.88. The lowest BCUT2D eigenvalue weighted by molar-refractivity contribution is -0.263. The number of carbonyl (C=O) groups is 3. The number of esters is 3. The Balaban J connectivity index is 1.60. The zero-order valence-corrected chi connectivity index (χ0v) is 20.7. The molecule has 0 aromatic heterocycles. The van der Waals surface area contributed by atoms with Crippen LogP contribution in [-0.2, 0) is 28.6 Å². The van der Waals surface area contributed by atoms with E-state index in [0.29, 0.717) is 29.7 Å². The second-order valence-electron chi connectivity index (χ2n) is 9.87. The van der Waals surface area contributed by atoms with Crippen LogP contribution in [0.3, 0.4) is 0 Å². The first kappa shape index (κ1) is 23.5. The summed E-state index contributed by atoms with van der Waals surface area (Å²) in [5.41, 5.74) is 0.146. The molecule has 9 heteroatoms. The van der Waals surface area contributed by atoms with Crippen molar-refractivity contribution >= 4 is 24.1 Å². The molecule has 4 aliphatic rings. The van der Waals surface area contributed by atoms with Crippen LogP contribution in [0.4, 0.5) is 0 Å². The Labute approximate surface area is 214 Å². The fourth-order valence-electron chi connectivity index (χ4n) is 6.41. The summed E-state index contributed by atoms with van der Waals surface area (Å²) >= 11 is 0. The maximum Gasteiger partial charge on any atom is 0.331 e. The quantitative estimate of drug-likeness (QED) is 0.461. The zero-order chi connectivity index (χ0) is 25.8. The van der Waals surface area contributed by atoms with Crippen molar-refractivity contribution in [1.82, 2.24) is 5.01 Å². The van der Waals surface area contributed by atoms with Gasteiger partial charge < -0.3 is 18.9 Å². The van der Waals surface area contributed by atoms with Crippen LogP contribution in [0.25, 0.3) is 0 Å². The van der Waals surface area contributed by atoms with Crippen molar-refractivity contribution in [3.63, 3.8) is 0 Å². The number of hydrazone groups is 1. The van der Waals surface area contributed by atoms with Crippen LogP contribution in [0.2, 0.25) is 0 Å². The minimum absolute atomic E-state index is 0.133. The SMILES string of the molecule is CCOC(=O)[C@H]1[C@H](c2ccc(OC)cc2)C2(C(=O)OC3(CCCC3)OC2=O)C2c3ccccc3C=NN21. The van der Waals surface area contributed by atoms with Crippen LogP contribution in [0.15, 0.2) is 53.6 Å². The highest BCUT2D eigenvalue weighted by Crippen LogP contribution is 2.63. The number of benzene rings is 2. The highest BCUT2D eigenvalue weighted by atomic mass is 16.7. The van der Waals surface area contributed by atoms with Gasteiger partial charge in [0.1, 0.15) is 11.8 Å². The molecule has 0 bridgehead atoms. The molecule has 9 nitrogen and oxygen atoms in total. The van der Waals surface area contributed by atoms with Gasteiger partial charge in [0.25, 0.3) is 5.79 Å². The number of methoxy groups -OCH3 is 1. The van der Waals surface area contributed by atoms with E-state index < -0.39 is 47.1 Å². The predicted molar refractivity (Wildman–Crippen MR) is 131 cm³/mol. The van der Waals surface area contributed by atoms with E-state index in [4.69, 9.17) is 18.9 Å². The summed E-state index contributed by atoms with van der Waals surface area (Å²) in [7, 11) is 1.55. The van der Waals surface area contributed by atoms with Crippen LogP contribution in [0.1, 0.15) is 61.3 Å². The predicted octanol–water partition coefficient (Wildman–Crippen LogP) is 3.47. The van der Waals surface area contributed by atoms with Crippen molar-refractivity contribution in [2.24, 2.45) is 10.5 Å². The van der Waals surface area contributed by atoms with E-state index in [2.05, 4.69) is 5.10 Å². The standard InChI is InChI=1S/C28H28N2O7/c1-3-35-24(31)22-21(17-10-12-19(34-2)13-11-17)28(23-20-9-5-4-8-18(20)16-29-30(22)23)25(32)36-27(37-26(28)33)14-6-7-15-27/h4-5,8-13,16,21-23H,3,6-7,14-15H2,1-2H3/t21-,22+,23?/m0/s1. The summed E-state index contributed by atoms with van der Waals surface area (Å²) in [4.78, 5) is 42.2. The number of ether oxygens (including phenoxy) is 4. The van der Waals surface area contributed by atoms with E-state index in [1.165, 1.54) is 5.01 Å². The Morgan fingerprint density at radius 2 is 1.73 bits per heavy atom. The van der Waals surface area contributed by atoms with Gasteiger partial charge in [-0.3, -0.25) is 14.6 Å². The van der Waals surface area contributed by atoms with E-state index >= 15 is 0 Å². The molecule has 2 aromatic carbocycles. The summed E-state index contributed by atoms with van der Waals surface area (Å²) in [6.07, 6.45) is 4.14. The van der Waals surface area contributed by atoms with Gasteiger partial charge in [-0.25, -0.2) is 4.79 Å². The summed E-state index contributed by atoms with van der Waals surface area (Å²) in [6.45, 7) is 1.85. The van der Waals surface area contributed by atoms with Gasteiger partial charge in [-0.2, -0.15) is 5.10 Å². The molecule has 2 aromatic rings. The van der Waals surface area contributed by atoms with Crippen LogP contribution >= 0.6 is 0 Å². The van der Waals surface area contributed by atoms with Crippen molar-refractivity contribution in [3.8, 4) is 5.75 Å². The van der Waals surface area contributed by atoms with E-state index in [1.54, 1.807) is 44.5 Å². The molecule has 1 unspecified atom stereocenters. The van der Waals surface area contributed by atoms with Gasteiger partial charge in [0.05, 0.1) is 19.9 Å². The molecule has 2 spiro atoms. The third-order valence-corrected chi connectivity index (χ3v) is 8.01. The first-order valence-corrected chi connectivity index (χ1v) is 12.6. The molecular formula is C28H28N2O7. The number of nitrogens with zero attached hydrogens (tertiary/aromatic N) is 2. The first-order valence-electron chi connectivity index (χ1n) is 12.6. The van der Waals surface area contributed by atoms with E-state index in [-0.39, 0.29) is 6.61 Å². The van der Waals surface area contributed by atoms with E-state index in [0.717, 1.165) is 18.4 Å². The number of fused-ring (bicyclic) bond motifs is 4.